The SMILES string of the molecule is O=C(COc1ccc(OC(F)(F)F)cc1)Nc1ccc2c(c1)C(=O)N1CCC[C@H]1C(=O)N2. The molecule has 32 heavy (non-hydrogen) atoms. The van der Waals surface area contributed by atoms with Crippen LogP contribution in [0.5, 0.6) is 11.5 Å². The number of fused-ring (bicyclic) bond motifs is 2. The molecule has 2 N–H and O–H groups in total. The molecule has 0 radical (unpaired) electrons. The second-order valence-electron chi connectivity index (χ2n) is 7.26. The van der Waals surface area contributed by atoms with Crippen LogP contribution in [-0.4, -0.2) is 48.2 Å². The molecule has 0 aromatic heterocycles. The molecular formula is C21H18F3N3O5. The zero-order valence-electron chi connectivity index (χ0n) is 16.6. The number of carbonyl (C=O) groups excluding carboxylic acids is 3. The Morgan fingerprint density at radius 3 is 2.56 bits per heavy atom. The maximum absolute atomic E-state index is 12.8. The van der Waals surface area contributed by atoms with E-state index in [0.29, 0.717) is 24.3 Å². The summed E-state index contributed by atoms with van der Waals surface area (Å²) < 4.78 is 45.6. The van der Waals surface area contributed by atoms with Crippen LogP contribution in [0.15, 0.2) is 42.5 Å². The molecule has 2 aliphatic heterocycles. The Morgan fingerprint density at radius 2 is 1.84 bits per heavy atom. The Bertz CT molecular complexity index is 1060. The zero-order valence-corrected chi connectivity index (χ0v) is 16.6. The van der Waals surface area contributed by atoms with Crippen molar-refractivity contribution in [2.45, 2.75) is 25.2 Å². The third-order valence-electron chi connectivity index (χ3n) is 5.04. The van der Waals surface area contributed by atoms with Gasteiger partial charge in [0, 0.05) is 12.2 Å². The van der Waals surface area contributed by atoms with Gasteiger partial charge in [-0.1, -0.05) is 0 Å². The van der Waals surface area contributed by atoms with Gasteiger partial charge in [0.05, 0.1) is 11.3 Å². The molecule has 11 heteroatoms. The van der Waals surface area contributed by atoms with Crippen LogP contribution in [0.3, 0.4) is 0 Å². The number of amides is 3. The van der Waals surface area contributed by atoms with Gasteiger partial charge in [-0.25, -0.2) is 0 Å². The smallest absolute Gasteiger partial charge is 0.484 e. The van der Waals surface area contributed by atoms with Crippen molar-refractivity contribution in [1.29, 1.82) is 0 Å². The molecule has 0 spiro atoms. The summed E-state index contributed by atoms with van der Waals surface area (Å²) in [7, 11) is 0. The number of ether oxygens (including phenoxy) is 2. The third-order valence-corrected chi connectivity index (χ3v) is 5.04. The van der Waals surface area contributed by atoms with Gasteiger partial charge in [0.15, 0.2) is 6.61 Å². The summed E-state index contributed by atoms with van der Waals surface area (Å²) in [6.07, 6.45) is -3.44. The van der Waals surface area contributed by atoms with E-state index in [1.165, 1.54) is 23.1 Å². The summed E-state index contributed by atoms with van der Waals surface area (Å²) in [5.41, 5.74) is 0.998. The fourth-order valence-electron chi connectivity index (χ4n) is 3.64. The number of nitrogens with zero attached hydrogens (tertiary/aromatic N) is 1. The van der Waals surface area contributed by atoms with Crippen molar-refractivity contribution in [3.8, 4) is 11.5 Å². The Morgan fingerprint density at radius 1 is 1.12 bits per heavy atom. The fourth-order valence-corrected chi connectivity index (χ4v) is 3.64. The van der Waals surface area contributed by atoms with E-state index < -0.39 is 30.7 Å². The largest absolute Gasteiger partial charge is 0.573 e. The maximum Gasteiger partial charge on any atom is 0.573 e. The molecule has 3 amide bonds. The van der Waals surface area contributed by atoms with Crippen LogP contribution in [0.1, 0.15) is 23.2 Å². The molecule has 1 saturated heterocycles. The lowest BCUT2D eigenvalue weighted by atomic mass is 10.1. The number of rotatable bonds is 5. The van der Waals surface area contributed by atoms with Crippen molar-refractivity contribution in [2.75, 3.05) is 23.8 Å². The van der Waals surface area contributed by atoms with E-state index in [4.69, 9.17) is 4.74 Å². The van der Waals surface area contributed by atoms with Gasteiger partial charge in [-0.15, -0.1) is 13.2 Å². The number of hydrogen-bond donors (Lipinski definition) is 2. The van der Waals surface area contributed by atoms with E-state index in [1.54, 1.807) is 12.1 Å². The first-order chi connectivity index (χ1) is 15.2. The zero-order chi connectivity index (χ0) is 22.9. The lowest BCUT2D eigenvalue weighted by Crippen LogP contribution is -2.40. The molecule has 1 fully saturated rings. The number of benzene rings is 2. The number of carbonyl (C=O) groups is 3. The number of halogens is 3. The van der Waals surface area contributed by atoms with Crippen molar-refractivity contribution in [3.63, 3.8) is 0 Å². The molecule has 0 unspecified atom stereocenters. The Labute approximate surface area is 180 Å². The summed E-state index contributed by atoms with van der Waals surface area (Å²) >= 11 is 0. The van der Waals surface area contributed by atoms with Crippen LogP contribution in [0, 0.1) is 0 Å². The standard InChI is InChI=1S/C21H18F3N3O5/c22-21(23,24)32-14-6-4-13(5-7-14)31-11-18(28)25-12-3-8-16-15(10-12)20(30)27-9-1-2-17(27)19(29)26-16/h3-8,10,17H,1-2,9,11H2,(H,25,28)(H,26,29)/t17-/m0/s1. The normalized spacial score (nSPS) is 17.7. The Hall–Kier alpha value is -3.76. The van der Waals surface area contributed by atoms with E-state index in [0.717, 1.165) is 18.6 Å². The summed E-state index contributed by atoms with van der Waals surface area (Å²) in [4.78, 5) is 38.9. The molecule has 2 heterocycles. The molecule has 2 aromatic carbocycles. The van der Waals surface area contributed by atoms with E-state index in [1.807, 2.05) is 0 Å². The van der Waals surface area contributed by atoms with Crippen LogP contribution < -0.4 is 20.1 Å². The molecule has 2 aliphatic rings. The molecular weight excluding hydrogens is 431 g/mol. The van der Waals surface area contributed by atoms with E-state index >= 15 is 0 Å². The van der Waals surface area contributed by atoms with Crippen molar-refractivity contribution in [3.05, 3.63) is 48.0 Å². The quantitative estimate of drug-likeness (QED) is 0.731. The predicted molar refractivity (Wildman–Crippen MR) is 106 cm³/mol. The van der Waals surface area contributed by atoms with Gasteiger partial charge in [0.2, 0.25) is 5.91 Å². The van der Waals surface area contributed by atoms with Crippen molar-refractivity contribution < 1.29 is 37.0 Å². The Kier molecular flexibility index (Phi) is 5.64. The molecule has 0 aliphatic carbocycles. The maximum atomic E-state index is 12.8. The highest BCUT2D eigenvalue weighted by Gasteiger charge is 2.38. The van der Waals surface area contributed by atoms with Crippen LogP contribution >= 0.6 is 0 Å². The minimum atomic E-state index is -4.80. The highest BCUT2D eigenvalue weighted by Crippen LogP contribution is 2.30. The number of hydrogen-bond acceptors (Lipinski definition) is 5. The second kappa shape index (κ2) is 8.40. The van der Waals surface area contributed by atoms with E-state index in [2.05, 4.69) is 15.4 Å². The average molecular weight is 449 g/mol. The number of nitrogens with one attached hydrogen (secondary N) is 2. The highest BCUT2D eigenvalue weighted by molar-refractivity contribution is 6.11. The summed E-state index contributed by atoms with van der Waals surface area (Å²) in [5.74, 6) is -1.28. The number of alkyl halides is 3. The first kappa shape index (κ1) is 21.5. The summed E-state index contributed by atoms with van der Waals surface area (Å²) in [6.45, 7) is 0.0863. The molecule has 1 atom stereocenters. The minimum absolute atomic E-state index is 0.176. The molecule has 8 nitrogen and oxygen atoms in total. The summed E-state index contributed by atoms with van der Waals surface area (Å²) in [6, 6.07) is 8.70. The molecule has 2 aromatic rings. The van der Waals surface area contributed by atoms with Gasteiger partial charge < -0.3 is 25.0 Å². The van der Waals surface area contributed by atoms with Crippen LogP contribution in [0.2, 0.25) is 0 Å². The van der Waals surface area contributed by atoms with Gasteiger partial charge >= 0.3 is 6.36 Å². The fraction of sp³-hybridized carbons (Fsp3) is 0.286. The molecule has 0 bridgehead atoms. The molecule has 0 saturated carbocycles. The van der Waals surface area contributed by atoms with Gasteiger partial charge in [0.1, 0.15) is 17.5 Å². The topological polar surface area (TPSA) is 97.0 Å². The van der Waals surface area contributed by atoms with Crippen molar-refractivity contribution >= 4 is 29.1 Å². The molecule has 4 rings (SSSR count). The van der Waals surface area contributed by atoms with Crippen LogP contribution in [0.4, 0.5) is 24.5 Å². The lowest BCUT2D eigenvalue weighted by Gasteiger charge is -2.20. The lowest BCUT2D eigenvalue weighted by molar-refractivity contribution is -0.274. The van der Waals surface area contributed by atoms with Crippen LogP contribution in [0.25, 0.3) is 0 Å². The van der Waals surface area contributed by atoms with E-state index in [-0.39, 0.29) is 23.1 Å². The van der Waals surface area contributed by atoms with Gasteiger partial charge in [-0.05, 0) is 55.3 Å². The van der Waals surface area contributed by atoms with Crippen molar-refractivity contribution in [2.24, 2.45) is 0 Å². The van der Waals surface area contributed by atoms with Crippen molar-refractivity contribution in [1.82, 2.24) is 4.90 Å². The van der Waals surface area contributed by atoms with Gasteiger partial charge in [0.25, 0.3) is 11.8 Å². The van der Waals surface area contributed by atoms with Gasteiger partial charge in [-0.3, -0.25) is 14.4 Å². The van der Waals surface area contributed by atoms with Crippen LogP contribution in [-0.2, 0) is 9.59 Å². The highest BCUT2D eigenvalue weighted by atomic mass is 19.4. The van der Waals surface area contributed by atoms with E-state index in [9.17, 15) is 27.6 Å². The monoisotopic (exact) mass is 449 g/mol. The first-order valence-electron chi connectivity index (χ1n) is 9.74. The number of anilines is 2. The van der Waals surface area contributed by atoms with Gasteiger partial charge in [-0.2, -0.15) is 0 Å². The first-order valence-corrected chi connectivity index (χ1v) is 9.74. The summed E-state index contributed by atoms with van der Waals surface area (Å²) in [5, 5.41) is 5.35. The predicted octanol–water partition coefficient (Wildman–Crippen LogP) is 3.16. The third kappa shape index (κ3) is 4.76. The average Bonchev–Trinajstić information content (AvgIpc) is 3.19. The molecule has 168 valence electrons. The second-order valence-corrected chi connectivity index (χ2v) is 7.26. The minimum Gasteiger partial charge on any atom is -0.484 e. The Balaban J connectivity index is 1.38.